The van der Waals surface area contributed by atoms with Crippen LogP contribution in [0.4, 0.5) is 0 Å². The average Bonchev–Trinajstić information content (AvgIpc) is 2.56. The molecule has 0 radical (unpaired) electrons. The Morgan fingerprint density at radius 2 is 1.91 bits per heavy atom. The van der Waals surface area contributed by atoms with E-state index in [9.17, 15) is 4.79 Å². The molecule has 23 heavy (non-hydrogen) atoms. The second-order valence-corrected chi connectivity index (χ2v) is 5.99. The Bertz CT molecular complexity index is 668. The number of aryl methyl sites for hydroxylation is 2. The Balaban J connectivity index is 1.86. The second-order valence-electron chi connectivity index (χ2n) is 5.58. The second kappa shape index (κ2) is 8.02. The highest BCUT2D eigenvalue weighted by Crippen LogP contribution is 2.21. The molecule has 2 rings (SSSR count). The van der Waals surface area contributed by atoms with Crippen molar-refractivity contribution in [3.05, 3.63) is 64.2 Å². The summed E-state index contributed by atoms with van der Waals surface area (Å²) in [7, 11) is 0. The summed E-state index contributed by atoms with van der Waals surface area (Å²) in [5.41, 5.74) is 3.29. The number of carbonyl (C=O) groups is 1. The first kappa shape index (κ1) is 17.4. The van der Waals surface area contributed by atoms with Gasteiger partial charge in [0.1, 0.15) is 5.75 Å². The van der Waals surface area contributed by atoms with E-state index >= 15 is 0 Å². The van der Waals surface area contributed by atoms with Crippen LogP contribution in [0, 0.1) is 6.92 Å². The van der Waals surface area contributed by atoms with Crippen LogP contribution in [-0.4, -0.2) is 12.5 Å². The van der Waals surface area contributed by atoms with Gasteiger partial charge in [0.25, 0.3) is 5.91 Å². The normalized spacial score (nSPS) is 11.8. The lowest BCUT2D eigenvalue weighted by molar-refractivity contribution is -0.123. The van der Waals surface area contributed by atoms with Crippen LogP contribution in [0.25, 0.3) is 0 Å². The van der Waals surface area contributed by atoms with Crippen LogP contribution >= 0.6 is 11.6 Å². The number of hydrogen-bond acceptors (Lipinski definition) is 2. The van der Waals surface area contributed by atoms with E-state index in [1.165, 1.54) is 5.56 Å². The zero-order valence-corrected chi connectivity index (χ0v) is 14.5. The third-order valence-electron chi connectivity index (χ3n) is 3.76. The molecule has 0 saturated carbocycles. The number of benzene rings is 2. The highest BCUT2D eigenvalue weighted by molar-refractivity contribution is 6.31. The Morgan fingerprint density at radius 1 is 1.22 bits per heavy atom. The molecule has 0 fully saturated rings. The van der Waals surface area contributed by atoms with Crippen molar-refractivity contribution in [2.75, 3.05) is 6.61 Å². The van der Waals surface area contributed by atoms with Crippen LogP contribution in [0.5, 0.6) is 5.75 Å². The van der Waals surface area contributed by atoms with Gasteiger partial charge >= 0.3 is 0 Å². The van der Waals surface area contributed by atoms with E-state index in [4.69, 9.17) is 16.3 Å². The minimum Gasteiger partial charge on any atom is -0.484 e. The van der Waals surface area contributed by atoms with Gasteiger partial charge in [-0.15, -0.1) is 0 Å². The third-order valence-corrected chi connectivity index (χ3v) is 4.19. The van der Waals surface area contributed by atoms with Gasteiger partial charge in [-0.1, -0.05) is 42.8 Å². The number of halogens is 1. The fourth-order valence-corrected chi connectivity index (χ4v) is 2.38. The molecule has 1 N–H and O–H groups in total. The van der Waals surface area contributed by atoms with Crippen molar-refractivity contribution < 1.29 is 9.53 Å². The van der Waals surface area contributed by atoms with E-state index in [1.807, 2.05) is 32.0 Å². The SMILES string of the molecule is CCc1ccc([C@@H](C)NC(=O)COc2ccc(Cl)c(C)c2)cc1. The van der Waals surface area contributed by atoms with E-state index < -0.39 is 0 Å². The Labute approximate surface area is 142 Å². The number of ether oxygens (including phenoxy) is 1. The van der Waals surface area contributed by atoms with Gasteiger partial charge in [-0.3, -0.25) is 4.79 Å². The number of carbonyl (C=O) groups excluding carboxylic acids is 1. The monoisotopic (exact) mass is 331 g/mol. The van der Waals surface area contributed by atoms with Crippen molar-refractivity contribution in [2.45, 2.75) is 33.2 Å². The van der Waals surface area contributed by atoms with E-state index in [2.05, 4.69) is 24.4 Å². The number of hydrogen-bond donors (Lipinski definition) is 1. The first-order chi connectivity index (χ1) is 11.0. The summed E-state index contributed by atoms with van der Waals surface area (Å²) in [5, 5.41) is 3.63. The van der Waals surface area contributed by atoms with Crippen LogP contribution < -0.4 is 10.1 Å². The van der Waals surface area contributed by atoms with E-state index in [0.717, 1.165) is 17.5 Å². The number of rotatable bonds is 6. The smallest absolute Gasteiger partial charge is 0.258 e. The van der Waals surface area contributed by atoms with Crippen LogP contribution in [0.2, 0.25) is 5.02 Å². The van der Waals surface area contributed by atoms with E-state index in [0.29, 0.717) is 10.8 Å². The molecule has 3 nitrogen and oxygen atoms in total. The molecule has 122 valence electrons. The molecule has 0 aliphatic carbocycles. The van der Waals surface area contributed by atoms with Gasteiger partial charge in [-0.2, -0.15) is 0 Å². The number of nitrogens with one attached hydrogen (secondary N) is 1. The molecule has 2 aromatic carbocycles. The summed E-state index contributed by atoms with van der Waals surface area (Å²) in [6.45, 7) is 5.97. The summed E-state index contributed by atoms with van der Waals surface area (Å²) < 4.78 is 5.51. The molecule has 4 heteroatoms. The van der Waals surface area contributed by atoms with E-state index in [-0.39, 0.29) is 18.6 Å². The largest absolute Gasteiger partial charge is 0.484 e. The quantitative estimate of drug-likeness (QED) is 0.848. The summed E-state index contributed by atoms with van der Waals surface area (Å²) in [6.07, 6.45) is 1.01. The third kappa shape index (κ3) is 5.00. The van der Waals surface area contributed by atoms with Gasteiger partial charge in [0.15, 0.2) is 6.61 Å². The minimum atomic E-state index is -0.148. The maximum atomic E-state index is 12.0. The highest BCUT2D eigenvalue weighted by atomic mass is 35.5. The van der Waals surface area contributed by atoms with Gasteiger partial charge in [0, 0.05) is 5.02 Å². The van der Waals surface area contributed by atoms with Gasteiger partial charge in [-0.25, -0.2) is 0 Å². The van der Waals surface area contributed by atoms with Crippen LogP contribution in [0.15, 0.2) is 42.5 Å². The summed E-state index contributed by atoms with van der Waals surface area (Å²) in [4.78, 5) is 12.0. The lowest BCUT2D eigenvalue weighted by atomic mass is 10.1. The maximum absolute atomic E-state index is 12.0. The molecule has 2 aromatic rings. The Kier molecular flexibility index (Phi) is 6.05. The first-order valence-electron chi connectivity index (χ1n) is 7.76. The molecule has 0 aliphatic heterocycles. The minimum absolute atomic E-state index is 0.0154. The van der Waals surface area contributed by atoms with Crippen molar-refractivity contribution in [1.29, 1.82) is 0 Å². The van der Waals surface area contributed by atoms with Crippen molar-refractivity contribution in [2.24, 2.45) is 0 Å². The van der Waals surface area contributed by atoms with Gasteiger partial charge < -0.3 is 10.1 Å². The molecule has 0 spiro atoms. The average molecular weight is 332 g/mol. The molecular formula is C19H22ClNO2. The molecule has 0 aromatic heterocycles. The van der Waals surface area contributed by atoms with Crippen molar-refractivity contribution in [3.63, 3.8) is 0 Å². The van der Waals surface area contributed by atoms with Gasteiger partial charge in [-0.05, 0) is 55.2 Å². The molecule has 0 bridgehead atoms. The van der Waals surface area contributed by atoms with Gasteiger partial charge in [0.05, 0.1) is 6.04 Å². The Morgan fingerprint density at radius 3 is 2.52 bits per heavy atom. The zero-order chi connectivity index (χ0) is 16.8. The van der Waals surface area contributed by atoms with Crippen LogP contribution in [0.1, 0.15) is 36.6 Å². The van der Waals surface area contributed by atoms with Crippen LogP contribution in [-0.2, 0) is 11.2 Å². The van der Waals surface area contributed by atoms with Crippen molar-refractivity contribution >= 4 is 17.5 Å². The summed E-state index contributed by atoms with van der Waals surface area (Å²) >= 11 is 5.97. The number of amides is 1. The molecular weight excluding hydrogens is 310 g/mol. The maximum Gasteiger partial charge on any atom is 0.258 e. The van der Waals surface area contributed by atoms with Crippen molar-refractivity contribution in [1.82, 2.24) is 5.32 Å². The van der Waals surface area contributed by atoms with Crippen LogP contribution in [0.3, 0.4) is 0 Å². The van der Waals surface area contributed by atoms with E-state index in [1.54, 1.807) is 12.1 Å². The Hall–Kier alpha value is -2.00. The molecule has 0 saturated heterocycles. The first-order valence-corrected chi connectivity index (χ1v) is 8.14. The predicted octanol–water partition coefficient (Wildman–Crippen LogP) is 4.47. The molecule has 0 unspecified atom stereocenters. The molecule has 1 atom stereocenters. The van der Waals surface area contributed by atoms with Crippen molar-refractivity contribution in [3.8, 4) is 5.75 Å². The fourth-order valence-electron chi connectivity index (χ4n) is 2.26. The predicted molar refractivity (Wildman–Crippen MR) is 94.1 cm³/mol. The summed E-state index contributed by atoms with van der Waals surface area (Å²) in [6, 6.07) is 13.6. The highest BCUT2D eigenvalue weighted by Gasteiger charge is 2.10. The van der Waals surface area contributed by atoms with Gasteiger partial charge in [0.2, 0.25) is 0 Å². The standard InChI is InChI=1S/C19H22ClNO2/c1-4-15-5-7-16(8-6-15)14(3)21-19(22)12-23-17-9-10-18(20)13(2)11-17/h5-11,14H,4,12H2,1-3H3,(H,21,22)/t14-/m1/s1. The lowest BCUT2D eigenvalue weighted by Crippen LogP contribution is -2.31. The molecule has 0 heterocycles. The zero-order valence-electron chi connectivity index (χ0n) is 13.7. The molecule has 0 aliphatic rings. The summed E-state index contributed by atoms with van der Waals surface area (Å²) in [5.74, 6) is 0.492. The fraction of sp³-hybridized carbons (Fsp3) is 0.316. The topological polar surface area (TPSA) is 38.3 Å². The lowest BCUT2D eigenvalue weighted by Gasteiger charge is -2.15. The molecule has 1 amide bonds.